The highest BCUT2D eigenvalue weighted by Crippen LogP contribution is 2.17. The van der Waals surface area contributed by atoms with Crippen molar-refractivity contribution < 1.29 is 13.6 Å². The molecule has 0 aromatic heterocycles. The Labute approximate surface area is 113 Å². The van der Waals surface area contributed by atoms with E-state index in [4.69, 9.17) is 5.73 Å². The lowest BCUT2D eigenvalue weighted by atomic mass is 10.1. The van der Waals surface area contributed by atoms with Crippen LogP contribution in [0.4, 0.5) is 8.78 Å². The molecule has 19 heavy (non-hydrogen) atoms. The summed E-state index contributed by atoms with van der Waals surface area (Å²) in [6.07, 6.45) is 4.27. The number of nitrogens with zero attached hydrogens (tertiary/aromatic N) is 1. The molecule has 112 valence electrons. The Balaban J connectivity index is 2.33. The van der Waals surface area contributed by atoms with Crippen LogP contribution in [-0.2, 0) is 4.79 Å². The van der Waals surface area contributed by atoms with E-state index in [1.54, 1.807) is 0 Å². The molecule has 0 spiro atoms. The first-order valence-corrected chi connectivity index (χ1v) is 7.11. The monoisotopic (exact) mass is 277 g/mol. The van der Waals surface area contributed by atoms with Crippen LogP contribution in [0.25, 0.3) is 0 Å². The van der Waals surface area contributed by atoms with E-state index < -0.39 is 13.0 Å². The summed E-state index contributed by atoms with van der Waals surface area (Å²) in [6, 6.07) is 0.210. The minimum atomic E-state index is -2.43. The SMILES string of the molecule is NCCN(CC(=O)NC1CCCCCC1)CC(F)F. The summed E-state index contributed by atoms with van der Waals surface area (Å²) in [5, 5.41) is 2.95. The fourth-order valence-electron chi connectivity index (χ4n) is 2.51. The molecule has 0 heterocycles. The zero-order valence-electron chi connectivity index (χ0n) is 11.4. The maximum Gasteiger partial charge on any atom is 0.251 e. The van der Waals surface area contributed by atoms with Crippen molar-refractivity contribution in [3.8, 4) is 0 Å². The molecule has 1 saturated carbocycles. The quantitative estimate of drug-likeness (QED) is 0.691. The number of hydrogen-bond donors (Lipinski definition) is 2. The number of halogens is 2. The van der Waals surface area contributed by atoms with E-state index in [0.717, 1.165) is 25.7 Å². The van der Waals surface area contributed by atoms with Crippen molar-refractivity contribution in [2.75, 3.05) is 26.2 Å². The van der Waals surface area contributed by atoms with E-state index in [9.17, 15) is 13.6 Å². The maximum absolute atomic E-state index is 12.4. The third kappa shape index (κ3) is 7.42. The van der Waals surface area contributed by atoms with Crippen LogP contribution >= 0.6 is 0 Å². The molecule has 1 amide bonds. The van der Waals surface area contributed by atoms with E-state index in [-0.39, 0.29) is 25.0 Å². The van der Waals surface area contributed by atoms with Gasteiger partial charge < -0.3 is 11.1 Å². The fourth-order valence-corrected chi connectivity index (χ4v) is 2.51. The highest BCUT2D eigenvalue weighted by Gasteiger charge is 2.18. The van der Waals surface area contributed by atoms with Crippen molar-refractivity contribution >= 4 is 5.91 Å². The van der Waals surface area contributed by atoms with Gasteiger partial charge in [0.05, 0.1) is 13.1 Å². The molecule has 0 unspecified atom stereocenters. The van der Waals surface area contributed by atoms with Gasteiger partial charge in [-0.1, -0.05) is 25.7 Å². The lowest BCUT2D eigenvalue weighted by Crippen LogP contribution is -2.44. The Morgan fingerprint density at radius 2 is 1.89 bits per heavy atom. The van der Waals surface area contributed by atoms with Crippen molar-refractivity contribution in [3.05, 3.63) is 0 Å². The summed E-state index contributed by atoms with van der Waals surface area (Å²) < 4.78 is 24.7. The maximum atomic E-state index is 12.4. The van der Waals surface area contributed by atoms with Gasteiger partial charge in [-0.3, -0.25) is 9.69 Å². The first-order valence-electron chi connectivity index (χ1n) is 7.11. The largest absolute Gasteiger partial charge is 0.352 e. The first-order chi connectivity index (χ1) is 9.11. The number of hydrogen-bond acceptors (Lipinski definition) is 3. The predicted molar refractivity (Wildman–Crippen MR) is 71.1 cm³/mol. The molecule has 0 aliphatic heterocycles. The molecule has 1 fully saturated rings. The van der Waals surface area contributed by atoms with Gasteiger partial charge in [-0.2, -0.15) is 0 Å². The molecular formula is C13H25F2N3O. The van der Waals surface area contributed by atoms with Crippen LogP contribution < -0.4 is 11.1 Å². The first kappa shape index (κ1) is 16.3. The topological polar surface area (TPSA) is 58.4 Å². The zero-order valence-corrected chi connectivity index (χ0v) is 11.4. The molecular weight excluding hydrogens is 252 g/mol. The van der Waals surface area contributed by atoms with E-state index in [0.29, 0.717) is 6.54 Å². The van der Waals surface area contributed by atoms with Crippen LogP contribution in [0.1, 0.15) is 38.5 Å². The molecule has 0 saturated heterocycles. The molecule has 0 radical (unpaired) electrons. The summed E-state index contributed by atoms with van der Waals surface area (Å²) in [4.78, 5) is 13.3. The van der Waals surface area contributed by atoms with E-state index in [1.165, 1.54) is 17.7 Å². The Kier molecular flexibility index (Phi) is 7.90. The molecule has 1 aliphatic carbocycles. The molecule has 3 N–H and O–H groups in total. The zero-order chi connectivity index (χ0) is 14.1. The molecule has 1 aliphatic rings. The molecule has 6 heteroatoms. The average molecular weight is 277 g/mol. The van der Waals surface area contributed by atoms with Crippen LogP contribution in [-0.4, -0.2) is 49.5 Å². The Hall–Kier alpha value is -0.750. The second-order valence-corrected chi connectivity index (χ2v) is 5.17. The number of nitrogens with one attached hydrogen (secondary N) is 1. The third-order valence-corrected chi connectivity index (χ3v) is 3.43. The van der Waals surface area contributed by atoms with E-state index >= 15 is 0 Å². The van der Waals surface area contributed by atoms with E-state index in [1.807, 2.05) is 0 Å². The summed E-state index contributed by atoms with van der Waals surface area (Å²) in [7, 11) is 0. The molecule has 0 aromatic rings. The van der Waals surface area contributed by atoms with Crippen LogP contribution in [0.15, 0.2) is 0 Å². The second-order valence-electron chi connectivity index (χ2n) is 5.17. The lowest BCUT2D eigenvalue weighted by molar-refractivity contribution is -0.123. The lowest BCUT2D eigenvalue weighted by Gasteiger charge is -2.22. The molecule has 4 nitrogen and oxygen atoms in total. The number of rotatable bonds is 7. The smallest absolute Gasteiger partial charge is 0.251 e. The normalized spacial score (nSPS) is 17.7. The summed E-state index contributed by atoms with van der Waals surface area (Å²) in [6.45, 7) is 0.221. The molecule has 0 bridgehead atoms. The van der Waals surface area contributed by atoms with Crippen LogP contribution in [0.2, 0.25) is 0 Å². The van der Waals surface area contributed by atoms with Gasteiger partial charge in [-0.15, -0.1) is 0 Å². The number of amides is 1. The van der Waals surface area contributed by atoms with Crippen LogP contribution in [0, 0.1) is 0 Å². The minimum absolute atomic E-state index is 0.0119. The summed E-state index contributed by atoms with van der Waals surface area (Å²) in [5.74, 6) is -0.166. The molecule has 1 rings (SSSR count). The second kappa shape index (κ2) is 9.20. The van der Waals surface area contributed by atoms with Crippen molar-refractivity contribution in [1.29, 1.82) is 0 Å². The van der Waals surface area contributed by atoms with Gasteiger partial charge in [0.1, 0.15) is 0 Å². The number of alkyl halides is 2. The Morgan fingerprint density at radius 1 is 1.26 bits per heavy atom. The average Bonchev–Trinajstić information content (AvgIpc) is 2.56. The van der Waals surface area contributed by atoms with Crippen molar-refractivity contribution in [2.45, 2.75) is 51.0 Å². The number of nitrogens with two attached hydrogens (primary N) is 1. The third-order valence-electron chi connectivity index (χ3n) is 3.43. The number of carbonyl (C=O) groups is 1. The van der Waals surface area contributed by atoms with Crippen molar-refractivity contribution in [3.63, 3.8) is 0 Å². The summed E-state index contributed by atoms with van der Waals surface area (Å²) in [5.41, 5.74) is 5.37. The van der Waals surface area contributed by atoms with Crippen LogP contribution in [0.5, 0.6) is 0 Å². The Bertz CT molecular complexity index is 256. The predicted octanol–water partition coefficient (Wildman–Crippen LogP) is 1.35. The molecule has 0 atom stereocenters. The minimum Gasteiger partial charge on any atom is -0.352 e. The van der Waals surface area contributed by atoms with Gasteiger partial charge >= 0.3 is 0 Å². The van der Waals surface area contributed by atoms with Gasteiger partial charge in [0.25, 0.3) is 6.43 Å². The standard InChI is InChI=1S/C13H25F2N3O/c14-12(15)9-18(8-7-16)10-13(19)17-11-5-3-1-2-4-6-11/h11-12H,1-10,16H2,(H,17,19). The highest BCUT2D eigenvalue weighted by molar-refractivity contribution is 5.78. The van der Waals surface area contributed by atoms with Gasteiger partial charge in [-0.05, 0) is 12.8 Å². The van der Waals surface area contributed by atoms with Gasteiger partial charge in [0, 0.05) is 19.1 Å². The van der Waals surface area contributed by atoms with Gasteiger partial charge in [-0.25, -0.2) is 8.78 Å². The van der Waals surface area contributed by atoms with E-state index in [2.05, 4.69) is 5.32 Å². The fraction of sp³-hybridized carbons (Fsp3) is 0.923. The summed E-state index contributed by atoms with van der Waals surface area (Å²) >= 11 is 0. The van der Waals surface area contributed by atoms with Crippen LogP contribution in [0.3, 0.4) is 0 Å². The van der Waals surface area contributed by atoms with Crippen molar-refractivity contribution in [1.82, 2.24) is 10.2 Å². The Morgan fingerprint density at radius 3 is 2.42 bits per heavy atom. The highest BCUT2D eigenvalue weighted by atomic mass is 19.3. The van der Waals surface area contributed by atoms with Gasteiger partial charge in [0.2, 0.25) is 5.91 Å². The van der Waals surface area contributed by atoms with Gasteiger partial charge in [0.15, 0.2) is 0 Å². The van der Waals surface area contributed by atoms with Crippen molar-refractivity contribution in [2.24, 2.45) is 5.73 Å². The number of carbonyl (C=O) groups excluding carboxylic acids is 1. The molecule has 0 aromatic carbocycles.